The molecule has 0 atom stereocenters. The number of nitrogen functional groups attached to an aromatic ring is 1. The molecule has 0 spiro atoms. The minimum atomic E-state index is -3.86. The zero-order valence-electron chi connectivity index (χ0n) is 16.1. The van der Waals surface area contributed by atoms with E-state index in [2.05, 4.69) is 5.32 Å². The van der Waals surface area contributed by atoms with Gasteiger partial charge in [0.2, 0.25) is 10.0 Å². The number of sulfonamides is 1. The molecule has 3 N–H and O–H groups in total. The molecule has 31 heavy (non-hydrogen) atoms. The van der Waals surface area contributed by atoms with Gasteiger partial charge in [-0.3, -0.25) is 4.79 Å². The molecular formula is C19H19Cl2N3O6S. The highest BCUT2D eigenvalue weighted by Crippen LogP contribution is 2.28. The van der Waals surface area contributed by atoms with Crippen LogP contribution in [0.15, 0.2) is 41.3 Å². The molecule has 0 aliphatic carbocycles. The van der Waals surface area contributed by atoms with Gasteiger partial charge in [0, 0.05) is 29.5 Å². The largest absolute Gasteiger partial charge is 0.452 e. The number of hydrogen-bond acceptors (Lipinski definition) is 7. The van der Waals surface area contributed by atoms with Crippen molar-refractivity contribution in [1.82, 2.24) is 4.31 Å². The Kier molecular flexibility index (Phi) is 7.39. The van der Waals surface area contributed by atoms with E-state index in [4.69, 9.17) is 38.4 Å². The van der Waals surface area contributed by atoms with E-state index >= 15 is 0 Å². The van der Waals surface area contributed by atoms with Crippen LogP contribution in [-0.4, -0.2) is 57.5 Å². The zero-order chi connectivity index (χ0) is 22.6. The van der Waals surface area contributed by atoms with Crippen LogP contribution in [0.3, 0.4) is 0 Å². The first-order valence-electron chi connectivity index (χ1n) is 9.08. The fraction of sp³-hybridized carbons (Fsp3) is 0.263. The molecule has 12 heteroatoms. The van der Waals surface area contributed by atoms with Crippen molar-refractivity contribution in [3.63, 3.8) is 0 Å². The highest BCUT2D eigenvalue weighted by Gasteiger charge is 2.28. The Labute approximate surface area is 189 Å². The monoisotopic (exact) mass is 487 g/mol. The van der Waals surface area contributed by atoms with Gasteiger partial charge in [-0.25, -0.2) is 13.2 Å². The van der Waals surface area contributed by atoms with E-state index in [1.807, 2.05) is 0 Å². The summed E-state index contributed by atoms with van der Waals surface area (Å²) in [6.45, 7) is 0.375. The van der Waals surface area contributed by atoms with Gasteiger partial charge >= 0.3 is 5.97 Å². The summed E-state index contributed by atoms with van der Waals surface area (Å²) in [7, 11) is -3.86. The topological polar surface area (TPSA) is 128 Å². The number of carbonyl (C=O) groups excluding carboxylic acids is 2. The number of carbonyl (C=O) groups is 2. The molecule has 2 aromatic rings. The van der Waals surface area contributed by atoms with Gasteiger partial charge in [0.05, 0.1) is 23.8 Å². The predicted octanol–water partition coefficient (Wildman–Crippen LogP) is 2.39. The molecule has 1 aliphatic heterocycles. The SMILES string of the molecule is Nc1ccc(Cl)cc1C(=O)OCC(=O)Nc1ccc(Cl)c(S(=O)(=O)N2CCOCC2)c1. The van der Waals surface area contributed by atoms with Crippen LogP contribution in [0, 0.1) is 0 Å². The van der Waals surface area contributed by atoms with Crippen LogP contribution in [0.5, 0.6) is 0 Å². The Bertz CT molecular complexity index is 1100. The Morgan fingerprint density at radius 2 is 1.84 bits per heavy atom. The molecule has 1 aliphatic rings. The van der Waals surface area contributed by atoms with Crippen molar-refractivity contribution in [3.8, 4) is 0 Å². The van der Waals surface area contributed by atoms with Gasteiger partial charge in [-0.1, -0.05) is 23.2 Å². The first-order valence-corrected chi connectivity index (χ1v) is 11.3. The van der Waals surface area contributed by atoms with Crippen LogP contribution in [0.25, 0.3) is 0 Å². The third-order valence-electron chi connectivity index (χ3n) is 4.37. The van der Waals surface area contributed by atoms with E-state index in [0.29, 0.717) is 5.02 Å². The highest BCUT2D eigenvalue weighted by molar-refractivity contribution is 7.89. The van der Waals surface area contributed by atoms with Gasteiger partial charge in [0.15, 0.2) is 6.61 Å². The maximum absolute atomic E-state index is 12.9. The van der Waals surface area contributed by atoms with Gasteiger partial charge in [-0.15, -0.1) is 0 Å². The first-order chi connectivity index (χ1) is 14.7. The van der Waals surface area contributed by atoms with E-state index in [-0.39, 0.29) is 53.2 Å². The summed E-state index contributed by atoms with van der Waals surface area (Å²) in [5.41, 5.74) is 6.08. The van der Waals surface area contributed by atoms with E-state index in [1.165, 1.54) is 40.7 Å². The predicted molar refractivity (Wildman–Crippen MR) is 116 cm³/mol. The van der Waals surface area contributed by atoms with Gasteiger partial charge in [-0.2, -0.15) is 4.31 Å². The Morgan fingerprint density at radius 3 is 2.55 bits per heavy atom. The second-order valence-electron chi connectivity index (χ2n) is 6.52. The summed E-state index contributed by atoms with van der Waals surface area (Å²) in [4.78, 5) is 24.2. The molecule has 1 saturated heterocycles. The maximum Gasteiger partial charge on any atom is 0.340 e. The lowest BCUT2D eigenvalue weighted by molar-refractivity contribution is -0.119. The average Bonchev–Trinajstić information content (AvgIpc) is 2.75. The minimum absolute atomic E-state index is 0.0207. The molecule has 0 unspecified atom stereocenters. The van der Waals surface area contributed by atoms with Crippen molar-refractivity contribution in [2.75, 3.05) is 44.0 Å². The molecule has 0 bridgehead atoms. The van der Waals surface area contributed by atoms with Gasteiger partial charge in [0.25, 0.3) is 5.91 Å². The van der Waals surface area contributed by atoms with Gasteiger partial charge in [-0.05, 0) is 36.4 Å². The second-order valence-corrected chi connectivity index (χ2v) is 9.27. The number of halogens is 2. The summed E-state index contributed by atoms with van der Waals surface area (Å²) in [6, 6.07) is 8.35. The van der Waals surface area contributed by atoms with Crippen molar-refractivity contribution < 1.29 is 27.5 Å². The van der Waals surface area contributed by atoms with E-state index in [9.17, 15) is 18.0 Å². The second kappa shape index (κ2) is 9.84. The zero-order valence-corrected chi connectivity index (χ0v) is 18.5. The summed E-state index contributed by atoms with van der Waals surface area (Å²) < 4.78 is 37.1. The first kappa shape index (κ1) is 23.3. The van der Waals surface area contributed by atoms with E-state index in [0.717, 1.165) is 0 Å². The number of morpholine rings is 1. The van der Waals surface area contributed by atoms with E-state index in [1.54, 1.807) is 0 Å². The number of benzene rings is 2. The fourth-order valence-electron chi connectivity index (χ4n) is 2.82. The number of esters is 1. The van der Waals surface area contributed by atoms with Crippen LogP contribution in [-0.2, 0) is 24.3 Å². The summed E-state index contributed by atoms with van der Waals surface area (Å²) in [5, 5.41) is 2.79. The lowest BCUT2D eigenvalue weighted by Gasteiger charge is -2.26. The van der Waals surface area contributed by atoms with Crippen LogP contribution >= 0.6 is 23.2 Å². The van der Waals surface area contributed by atoms with Gasteiger partial charge < -0.3 is 20.5 Å². The van der Waals surface area contributed by atoms with Crippen LogP contribution in [0.4, 0.5) is 11.4 Å². The fourth-order valence-corrected chi connectivity index (χ4v) is 4.90. The number of ether oxygens (including phenoxy) is 2. The molecule has 9 nitrogen and oxygen atoms in total. The lowest BCUT2D eigenvalue weighted by atomic mass is 10.2. The molecule has 2 aromatic carbocycles. The van der Waals surface area contributed by atoms with Gasteiger partial charge in [0.1, 0.15) is 4.90 Å². The smallest absolute Gasteiger partial charge is 0.340 e. The number of rotatable bonds is 6. The summed E-state index contributed by atoms with van der Waals surface area (Å²) in [5.74, 6) is -1.49. The normalized spacial score (nSPS) is 14.8. The molecule has 0 radical (unpaired) electrons. The standard InChI is InChI=1S/C19H19Cl2N3O6S/c20-12-1-4-16(22)14(9-12)19(26)30-11-18(25)23-13-2-3-15(21)17(10-13)31(27,28)24-5-7-29-8-6-24/h1-4,9-10H,5-8,11,22H2,(H,23,25). The molecular weight excluding hydrogens is 469 g/mol. The number of anilines is 2. The van der Waals surface area contributed by atoms with Crippen LogP contribution < -0.4 is 11.1 Å². The molecule has 166 valence electrons. The van der Waals surface area contributed by atoms with Crippen molar-refractivity contribution in [2.45, 2.75) is 4.90 Å². The maximum atomic E-state index is 12.9. The summed E-state index contributed by atoms with van der Waals surface area (Å²) in [6.07, 6.45) is 0. The van der Waals surface area contributed by atoms with E-state index < -0.39 is 28.5 Å². The number of nitrogens with zero attached hydrogens (tertiary/aromatic N) is 1. The number of amides is 1. The number of hydrogen-bond donors (Lipinski definition) is 2. The highest BCUT2D eigenvalue weighted by atomic mass is 35.5. The third kappa shape index (κ3) is 5.66. The van der Waals surface area contributed by atoms with Crippen molar-refractivity contribution in [3.05, 3.63) is 52.0 Å². The average molecular weight is 488 g/mol. The Morgan fingerprint density at radius 1 is 1.13 bits per heavy atom. The molecule has 1 heterocycles. The van der Waals surface area contributed by atoms with Crippen molar-refractivity contribution >= 4 is 56.5 Å². The Hall–Kier alpha value is -2.37. The minimum Gasteiger partial charge on any atom is -0.452 e. The van der Waals surface area contributed by atoms with Crippen molar-refractivity contribution in [1.29, 1.82) is 0 Å². The molecule has 3 rings (SSSR count). The van der Waals surface area contributed by atoms with Crippen LogP contribution in [0.2, 0.25) is 10.0 Å². The molecule has 0 saturated carbocycles. The summed E-state index contributed by atoms with van der Waals surface area (Å²) >= 11 is 11.9. The van der Waals surface area contributed by atoms with Crippen molar-refractivity contribution in [2.24, 2.45) is 0 Å². The lowest BCUT2D eigenvalue weighted by Crippen LogP contribution is -2.40. The molecule has 1 fully saturated rings. The van der Waals surface area contributed by atoms with Crippen LogP contribution in [0.1, 0.15) is 10.4 Å². The quantitative estimate of drug-likeness (QED) is 0.472. The number of nitrogens with two attached hydrogens (primary N) is 1. The number of nitrogens with one attached hydrogen (secondary N) is 1. The molecule has 1 amide bonds. The molecule has 0 aromatic heterocycles. The Balaban J connectivity index is 1.67. The third-order valence-corrected chi connectivity index (χ3v) is 6.99.